The second-order valence-electron chi connectivity index (χ2n) is 3.15. The van der Waals surface area contributed by atoms with Crippen molar-refractivity contribution in [3.63, 3.8) is 0 Å². The zero-order valence-corrected chi connectivity index (χ0v) is 8.55. The van der Waals surface area contributed by atoms with Gasteiger partial charge in [-0.2, -0.15) is 0 Å². The number of carbonyl (C=O) groups is 1. The zero-order valence-electron chi connectivity index (χ0n) is 8.55. The molecule has 0 saturated carbocycles. The number of anilines is 3. The fraction of sp³-hybridized carbons (Fsp3) is 0. The third-order valence-electron chi connectivity index (χ3n) is 2.06. The molecule has 0 radical (unpaired) electrons. The van der Waals surface area contributed by atoms with Gasteiger partial charge in [0.05, 0.1) is 5.69 Å². The van der Waals surface area contributed by atoms with Crippen molar-refractivity contribution in [3.8, 4) is 0 Å². The second-order valence-corrected chi connectivity index (χ2v) is 3.15. The molecule has 1 heterocycles. The summed E-state index contributed by atoms with van der Waals surface area (Å²) in [7, 11) is 0. The maximum absolute atomic E-state index is 10.4. The van der Waals surface area contributed by atoms with Crippen LogP contribution in [0.5, 0.6) is 0 Å². The Balaban J connectivity index is 2.24. The van der Waals surface area contributed by atoms with Crippen molar-refractivity contribution in [2.45, 2.75) is 0 Å². The van der Waals surface area contributed by atoms with E-state index in [9.17, 15) is 4.79 Å². The minimum atomic E-state index is 0.626. The minimum Gasteiger partial charge on any atom is -0.339 e. The molecule has 0 saturated heterocycles. The molecule has 0 spiro atoms. The standard InChI is InChI=1S/C12H11N3O/c16-9-14-11-7-4-8-13-12(11)15-10-5-2-1-3-6-10/h1-9H,(H,13,15)(H,14,16). The fourth-order valence-corrected chi connectivity index (χ4v) is 1.34. The van der Waals surface area contributed by atoms with E-state index < -0.39 is 0 Å². The Hall–Kier alpha value is -2.36. The van der Waals surface area contributed by atoms with Crippen LogP contribution >= 0.6 is 0 Å². The Morgan fingerprint density at radius 1 is 1.06 bits per heavy atom. The first kappa shape index (κ1) is 10.2. The van der Waals surface area contributed by atoms with E-state index in [0.717, 1.165) is 5.69 Å². The lowest BCUT2D eigenvalue weighted by Crippen LogP contribution is -2.01. The number of para-hydroxylation sites is 1. The number of rotatable bonds is 4. The predicted octanol–water partition coefficient (Wildman–Crippen LogP) is 2.39. The fourth-order valence-electron chi connectivity index (χ4n) is 1.34. The van der Waals surface area contributed by atoms with Gasteiger partial charge in [0.2, 0.25) is 6.41 Å². The smallest absolute Gasteiger partial charge is 0.211 e. The monoisotopic (exact) mass is 213 g/mol. The summed E-state index contributed by atoms with van der Waals surface area (Å²) >= 11 is 0. The van der Waals surface area contributed by atoms with Crippen LogP contribution in [0.3, 0.4) is 0 Å². The number of nitrogens with zero attached hydrogens (tertiary/aromatic N) is 1. The summed E-state index contributed by atoms with van der Waals surface area (Å²) in [6, 6.07) is 13.2. The van der Waals surface area contributed by atoms with E-state index in [1.807, 2.05) is 30.3 Å². The molecule has 16 heavy (non-hydrogen) atoms. The van der Waals surface area contributed by atoms with E-state index in [4.69, 9.17) is 0 Å². The van der Waals surface area contributed by atoms with Crippen LogP contribution in [-0.4, -0.2) is 11.4 Å². The summed E-state index contributed by atoms with van der Waals surface area (Å²) in [5, 5.41) is 5.72. The molecule has 2 N–H and O–H groups in total. The van der Waals surface area contributed by atoms with Gasteiger partial charge in [0, 0.05) is 11.9 Å². The first-order valence-electron chi connectivity index (χ1n) is 4.87. The number of hydrogen-bond donors (Lipinski definition) is 2. The van der Waals surface area contributed by atoms with Crippen LogP contribution in [0.15, 0.2) is 48.7 Å². The van der Waals surface area contributed by atoms with Crippen molar-refractivity contribution >= 4 is 23.6 Å². The lowest BCUT2D eigenvalue weighted by atomic mass is 10.3. The van der Waals surface area contributed by atoms with Crippen LogP contribution in [0.2, 0.25) is 0 Å². The molecule has 2 aromatic rings. The molecule has 0 aliphatic carbocycles. The van der Waals surface area contributed by atoms with E-state index in [1.165, 1.54) is 0 Å². The topological polar surface area (TPSA) is 54.0 Å². The normalized spacial score (nSPS) is 9.50. The molecule has 0 aliphatic heterocycles. The van der Waals surface area contributed by atoms with Crippen molar-refractivity contribution in [2.24, 2.45) is 0 Å². The molecular weight excluding hydrogens is 202 g/mol. The van der Waals surface area contributed by atoms with Gasteiger partial charge in [0.1, 0.15) is 0 Å². The lowest BCUT2D eigenvalue weighted by Gasteiger charge is -2.09. The average Bonchev–Trinajstić information content (AvgIpc) is 2.33. The maximum Gasteiger partial charge on any atom is 0.211 e. The van der Waals surface area contributed by atoms with E-state index in [2.05, 4.69) is 15.6 Å². The van der Waals surface area contributed by atoms with E-state index in [-0.39, 0.29) is 0 Å². The molecule has 4 heteroatoms. The second kappa shape index (κ2) is 4.93. The zero-order chi connectivity index (χ0) is 11.2. The molecule has 0 fully saturated rings. The van der Waals surface area contributed by atoms with Gasteiger partial charge < -0.3 is 10.6 Å². The number of benzene rings is 1. The minimum absolute atomic E-state index is 0.626. The van der Waals surface area contributed by atoms with Gasteiger partial charge in [0.15, 0.2) is 5.82 Å². The number of aromatic nitrogens is 1. The number of pyridine rings is 1. The molecular formula is C12H11N3O. The van der Waals surface area contributed by atoms with Crippen LogP contribution in [0.25, 0.3) is 0 Å². The molecule has 1 amide bonds. The Kier molecular flexibility index (Phi) is 3.13. The van der Waals surface area contributed by atoms with Crippen molar-refractivity contribution < 1.29 is 4.79 Å². The molecule has 0 unspecified atom stereocenters. The highest BCUT2D eigenvalue weighted by molar-refractivity contribution is 5.80. The lowest BCUT2D eigenvalue weighted by molar-refractivity contribution is -0.105. The van der Waals surface area contributed by atoms with Gasteiger partial charge in [-0.05, 0) is 24.3 Å². The summed E-state index contributed by atoms with van der Waals surface area (Å²) in [6.45, 7) is 0. The predicted molar refractivity (Wildman–Crippen MR) is 63.6 cm³/mol. The third-order valence-corrected chi connectivity index (χ3v) is 2.06. The molecule has 80 valence electrons. The average molecular weight is 213 g/mol. The number of carbonyl (C=O) groups excluding carboxylic acids is 1. The molecule has 1 aromatic carbocycles. The summed E-state index contributed by atoms with van der Waals surface area (Å²) in [4.78, 5) is 14.6. The van der Waals surface area contributed by atoms with E-state index >= 15 is 0 Å². The molecule has 4 nitrogen and oxygen atoms in total. The molecule has 0 atom stereocenters. The molecule has 0 aliphatic rings. The van der Waals surface area contributed by atoms with E-state index in [1.54, 1.807) is 18.3 Å². The summed E-state index contributed by atoms with van der Waals surface area (Å²) < 4.78 is 0. The summed E-state index contributed by atoms with van der Waals surface area (Å²) in [5.74, 6) is 0.626. The van der Waals surface area contributed by atoms with Crippen LogP contribution < -0.4 is 10.6 Å². The Morgan fingerprint density at radius 3 is 2.62 bits per heavy atom. The largest absolute Gasteiger partial charge is 0.339 e. The first-order valence-corrected chi connectivity index (χ1v) is 4.87. The van der Waals surface area contributed by atoms with E-state index in [0.29, 0.717) is 17.9 Å². The van der Waals surface area contributed by atoms with Gasteiger partial charge in [-0.1, -0.05) is 18.2 Å². The molecule has 0 bridgehead atoms. The van der Waals surface area contributed by atoms with Crippen molar-refractivity contribution in [3.05, 3.63) is 48.7 Å². The van der Waals surface area contributed by atoms with Gasteiger partial charge in [-0.15, -0.1) is 0 Å². The Morgan fingerprint density at radius 2 is 1.88 bits per heavy atom. The molecule has 2 rings (SSSR count). The number of nitrogens with one attached hydrogen (secondary N) is 2. The third kappa shape index (κ3) is 2.36. The van der Waals surface area contributed by atoms with Gasteiger partial charge >= 0.3 is 0 Å². The highest BCUT2D eigenvalue weighted by atomic mass is 16.1. The van der Waals surface area contributed by atoms with Crippen LogP contribution in [0.1, 0.15) is 0 Å². The van der Waals surface area contributed by atoms with Crippen molar-refractivity contribution in [1.29, 1.82) is 0 Å². The van der Waals surface area contributed by atoms with Gasteiger partial charge in [0.25, 0.3) is 0 Å². The van der Waals surface area contributed by atoms with Gasteiger partial charge in [-0.25, -0.2) is 4.98 Å². The Bertz CT molecular complexity index is 471. The molecule has 1 aromatic heterocycles. The van der Waals surface area contributed by atoms with Crippen LogP contribution in [-0.2, 0) is 4.79 Å². The van der Waals surface area contributed by atoms with Gasteiger partial charge in [-0.3, -0.25) is 4.79 Å². The summed E-state index contributed by atoms with van der Waals surface area (Å²) in [5.41, 5.74) is 1.58. The van der Waals surface area contributed by atoms with Crippen molar-refractivity contribution in [1.82, 2.24) is 4.98 Å². The highest BCUT2D eigenvalue weighted by Crippen LogP contribution is 2.21. The Labute approximate surface area is 93.3 Å². The maximum atomic E-state index is 10.4. The quantitative estimate of drug-likeness (QED) is 0.767. The first-order chi connectivity index (χ1) is 7.90. The van der Waals surface area contributed by atoms with Crippen molar-refractivity contribution in [2.75, 3.05) is 10.6 Å². The van der Waals surface area contributed by atoms with Crippen LogP contribution in [0, 0.1) is 0 Å². The summed E-state index contributed by atoms with van der Waals surface area (Å²) in [6.07, 6.45) is 2.30. The van der Waals surface area contributed by atoms with Crippen LogP contribution in [0.4, 0.5) is 17.2 Å². The SMILES string of the molecule is O=CNc1cccnc1Nc1ccccc1. The number of amides is 1. The number of hydrogen-bond acceptors (Lipinski definition) is 3. The highest BCUT2D eigenvalue weighted by Gasteiger charge is 2.01.